The molecule has 0 atom stereocenters. The third-order valence-corrected chi connectivity index (χ3v) is 4.88. The SMILES string of the molecule is CCCCCCCCOc1ccc(C(=O)c2ccc(O)cc2)c(O)c1C(C)C. The minimum atomic E-state index is -0.276. The fourth-order valence-electron chi connectivity index (χ4n) is 3.29. The van der Waals surface area contributed by atoms with Gasteiger partial charge in [-0.3, -0.25) is 4.79 Å². The van der Waals surface area contributed by atoms with E-state index < -0.39 is 0 Å². The number of phenols is 2. The molecule has 0 fully saturated rings. The Labute approximate surface area is 168 Å². The number of phenolic OH excluding ortho intramolecular Hbond substituents is 2. The van der Waals surface area contributed by atoms with Gasteiger partial charge < -0.3 is 14.9 Å². The van der Waals surface area contributed by atoms with E-state index in [1.807, 2.05) is 13.8 Å². The lowest BCUT2D eigenvalue weighted by atomic mass is 9.94. The molecular formula is C24H32O4. The largest absolute Gasteiger partial charge is 0.508 e. The average molecular weight is 385 g/mol. The van der Waals surface area contributed by atoms with Crippen molar-refractivity contribution in [3.05, 3.63) is 53.1 Å². The Balaban J connectivity index is 2.11. The summed E-state index contributed by atoms with van der Waals surface area (Å²) >= 11 is 0. The zero-order valence-electron chi connectivity index (χ0n) is 17.2. The van der Waals surface area contributed by atoms with Crippen molar-refractivity contribution in [2.24, 2.45) is 0 Å². The number of hydrogen-bond acceptors (Lipinski definition) is 4. The quantitative estimate of drug-likeness (QED) is 0.358. The van der Waals surface area contributed by atoms with Crippen molar-refractivity contribution in [3.63, 3.8) is 0 Å². The number of rotatable bonds is 11. The van der Waals surface area contributed by atoms with Gasteiger partial charge in [-0.2, -0.15) is 0 Å². The van der Waals surface area contributed by atoms with Crippen LogP contribution >= 0.6 is 0 Å². The van der Waals surface area contributed by atoms with Crippen molar-refractivity contribution < 1.29 is 19.7 Å². The molecule has 0 heterocycles. The molecule has 0 saturated carbocycles. The zero-order chi connectivity index (χ0) is 20.5. The molecule has 0 spiro atoms. The van der Waals surface area contributed by atoms with Crippen LogP contribution in [0.2, 0.25) is 0 Å². The maximum absolute atomic E-state index is 12.8. The molecular weight excluding hydrogens is 352 g/mol. The Morgan fingerprint density at radius 1 is 0.929 bits per heavy atom. The second-order valence-electron chi connectivity index (χ2n) is 7.52. The number of ketones is 1. The fraction of sp³-hybridized carbons (Fsp3) is 0.458. The minimum Gasteiger partial charge on any atom is -0.508 e. The summed E-state index contributed by atoms with van der Waals surface area (Å²) in [7, 11) is 0. The zero-order valence-corrected chi connectivity index (χ0v) is 17.2. The number of carbonyl (C=O) groups excluding carboxylic acids is 1. The molecule has 2 N–H and O–H groups in total. The second kappa shape index (κ2) is 10.7. The van der Waals surface area contributed by atoms with E-state index >= 15 is 0 Å². The summed E-state index contributed by atoms with van der Waals surface area (Å²) in [5.74, 6) is 0.466. The molecule has 0 aliphatic carbocycles. The number of carbonyl (C=O) groups is 1. The molecule has 2 aromatic rings. The molecule has 152 valence electrons. The monoisotopic (exact) mass is 384 g/mol. The summed E-state index contributed by atoms with van der Waals surface area (Å²) in [4.78, 5) is 12.8. The molecule has 2 aromatic carbocycles. The van der Waals surface area contributed by atoms with Gasteiger partial charge in [0.1, 0.15) is 17.2 Å². The molecule has 0 unspecified atom stereocenters. The van der Waals surface area contributed by atoms with E-state index in [1.54, 1.807) is 24.3 Å². The lowest BCUT2D eigenvalue weighted by Gasteiger charge is -2.18. The molecule has 0 aliphatic heterocycles. The summed E-state index contributed by atoms with van der Waals surface area (Å²) in [5.41, 5.74) is 1.33. The topological polar surface area (TPSA) is 66.8 Å². The smallest absolute Gasteiger partial charge is 0.196 e. The molecule has 0 amide bonds. The number of unbranched alkanes of at least 4 members (excludes halogenated alkanes) is 5. The van der Waals surface area contributed by atoms with Crippen LogP contribution in [0.5, 0.6) is 17.2 Å². The van der Waals surface area contributed by atoms with Gasteiger partial charge in [-0.1, -0.05) is 52.9 Å². The highest BCUT2D eigenvalue weighted by Gasteiger charge is 2.21. The van der Waals surface area contributed by atoms with Crippen molar-refractivity contribution in [2.45, 2.75) is 65.2 Å². The Morgan fingerprint density at radius 2 is 1.57 bits per heavy atom. The Morgan fingerprint density at radius 3 is 2.21 bits per heavy atom. The summed E-state index contributed by atoms with van der Waals surface area (Å²) in [6, 6.07) is 9.42. The van der Waals surface area contributed by atoms with Crippen molar-refractivity contribution >= 4 is 5.78 Å². The van der Waals surface area contributed by atoms with Crippen molar-refractivity contribution in [1.82, 2.24) is 0 Å². The van der Waals surface area contributed by atoms with Crippen LogP contribution in [0.4, 0.5) is 0 Å². The van der Waals surface area contributed by atoms with E-state index in [0.29, 0.717) is 23.5 Å². The van der Waals surface area contributed by atoms with Crippen LogP contribution in [-0.4, -0.2) is 22.6 Å². The number of aromatic hydroxyl groups is 2. The standard InChI is InChI=1S/C24H32O4/c1-4-5-6-7-8-9-16-28-21-15-14-20(24(27)22(21)17(2)3)23(26)18-10-12-19(25)13-11-18/h10-15,17,25,27H,4-9,16H2,1-3H3. The summed E-state index contributed by atoms with van der Waals surface area (Å²) < 4.78 is 5.94. The Kier molecular flexibility index (Phi) is 8.37. The third kappa shape index (κ3) is 5.75. The summed E-state index contributed by atoms with van der Waals surface area (Å²) in [6.07, 6.45) is 7.13. The fourth-order valence-corrected chi connectivity index (χ4v) is 3.29. The molecule has 0 saturated heterocycles. The van der Waals surface area contributed by atoms with E-state index in [4.69, 9.17) is 4.74 Å². The molecule has 0 aromatic heterocycles. The van der Waals surface area contributed by atoms with Crippen LogP contribution in [0, 0.1) is 0 Å². The van der Waals surface area contributed by atoms with Gasteiger partial charge in [0.25, 0.3) is 0 Å². The van der Waals surface area contributed by atoms with E-state index in [1.165, 1.54) is 37.8 Å². The van der Waals surface area contributed by atoms with E-state index in [-0.39, 0.29) is 28.8 Å². The first-order valence-corrected chi connectivity index (χ1v) is 10.3. The normalized spacial score (nSPS) is 11.0. The van der Waals surface area contributed by atoms with Gasteiger partial charge in [-0.25, -0.2) is 0 Å². The first kappa shape index (κ1) is 21.8. The van der Waals surface area contributed by atoms with E-state index in [0.717, 1.165) is 12.8 Å². The summed E-state index contributed by atoms with van der Waals surface area (Å²) in [6.45, 7) is 6.76. The molecule has 28 heavy (non-hydrogen) atoms. The van der Waals surface area contributed by atoms with E-state index in [2.05, 4.69) is 6.92 Å². The van der Waals surface area contributed by atoms with E-state index in [9.17, 15) is 15.0 Å². The maximum atomic E-state index is 12.8. The van der Waals surface area contributed by atoms with Crippen molar-refractivity contribution in [1.29, 1.82) is 0 Å². The first-order valence-electron chi connectivity index (χ1n) is 10.3. The van der Waals surface area contributed by atoms with Crippen LogP contribution in [-0.2, 0) is 0 Å². The average Bonchev–Trinajstić information content (AvgIpc) is 2.67. The molecule has 0 aliphatic rings. The van der Waals surface area contributed by atoms with Gasteiger partial charge in [0.15, 0.2) is 5.78 Å². The number of ether oxygens (including phenoxy) is 1. The Bertz CT molecular complexity index is 763. The van der Waals surface area contributed by atoms with Crippen molar-refractivity contribution in [2.75, 3.05) is 6.61 Å². The lowest BCUT2D eigenvalue weighted by molar-refractivity contribution is 0.103. The van der Waals surface area contributed by atoms with Gasteiger partial charge >= 0.3 is 0 Å². The van der Waals surface area contributed by atoms with Crippen LogP contribution < -0.4 is 4.74 Å². The highest BCUT2D eigenvalue weighted by molar-refractivity contribution is 6.11. The van der Waals surface area contributed by atoms with Crippen molar-refractivity contribution in [3.8, 4) is 17.2 Å². The van der Waals surface area contributed by atoms with Crippen LogP contribution in [0.25, 0.3) is 0 Å². The second-order valence-corrected chi connectivity index (χ2v) is 7.52. The summed E-state index contributed by atoms with van der Waals surface area (Å²) in [5, 5.41) is 20.2. The Hall–Kier alpha value is -2.49. The molecule has 4 heteroatoms. The minimum absolute atomic E-state index is 0.0199. The van der Waals surface area contributed by atoms with Crippen LogP contribution in [0.3, 0.4) is 0 Å². The molecule has 0 bridgehead atoms. The van der Waals surface area contributed by atoms with Gasteiger partial charge in [0, 0.05) is 11.1 Å². The van der Waals surface area contributed by atoms with Gasteiger partial charge in [0.05, 0.1) is 12.2 Å². The lowest BCUT2D eigenvalue weighted by Crippen LogP contribution is -2.07. The van der Waals surface area contributed by atoms with Gasteiger partial charge in [0.2, 0.25) is 0 Å². The maximum Gasteiger partial charge on any atom is 0.196 e. The van der Waals surface area contributed by atoms with Crippen LogP contribution in [0.15, 0.2) is 36.4 Å². The predicted octanol–water partition coefficient (Wildman–Crippen LogP) is 6.19. The number of benzene rings is 2. The molecule has 2 rings (SSSR count). The predicted molar refractivity (Wildman–Crippen MR) is 113 cm³/mol. The molecule has 0 radical (unpaired) electrons. The highest BCUT2D eigenvalue weighted by Crippen LogP contribution is 2.38. The molecule has 4 nitrogen and oxygen atoms in total. The third-order valence-electron chi connectivity index (χ3n) is 4.88. The number of hydrogen-bond donors (Lipinski definition) is 2. The van der Waals surface area contributed by atoms with Crippen LogP contribution in [0.1, 0.15) is 86.7 Å². The van der Waals surface area contributed by atoms with Gasteiger partial charge in [-0.15, -0.1) is 0 Å². The highest BCUT2D eigenvalue weighted by atomic mass is 16.5. The van der Waals surface area contributed by atoms with Gasteiger partial charge in [-0.05, 0) is 48.7 Å². The first-order chi connectivity index (χ1) is 13.5.